The van der Waals surface area contributed by atoms with Crippen LogP contribution >= 0.6 is 0 Å². The average molecular weight is 313 g/mol. The third-order valence-corrected chi connectivity index (χ3v) is 4.02. The zero-order valence-electron chi connectivity index (χ0n) is 12.7. The fourth-order valence-electron chi connectivity index (χ4n) is 2.88. The highest BCUT2D eigenvalue weighted by atomic mass is 16.2. The van der Waals surface area contributed by atoms with Crippen molar-refractivity contribution < 1.29 is 14.4 Å². The first kappa shape index (κ1) is 15.3. The van der Waals surface area contributed by atoms with Gasteiger partial charge in [0.15, 0.2) is 0 Å². The molecular weight excluding hydrogens is 294 g/mol. The monoisotopic (exact) mass is 313 g/mol. The normalized spacial score (nSPS) is 20.5. The molecule has 1 aromatic rings. The van der Waals surface area contributed by atoms with E-state index in [-0.39, 0.29) is 18.2 Å². The first-order valence-corrected chi connectivity index (χ1v) is 7.81. The number of urea groups is 1. The van der Waals surface area contributed by atoms with Crippen LogP contribution in [0, 0.1) is 5.92 Å². The number of benzene rings is 1. The van der Waals surface area contributed by atoms with Gasteiger partial charge in [-0.15, -0.1) is 0 Å². The number of anilines is 2. The number of hydrogen-bond donors (Lipinski definition) is 2. The third kappa shape index (κ3) is 3.59. The van der Waals surface area contributed by atoms with Crippen LogP contribution in [0.2, 0.25) is 0 Å². The van der Waals surface area contributed by atoms with Gasteiger partial charge in [0.1, 0.15) is 0 Å². The highest BCUT2D eigenvalue weighted by Crippen LogP contribution is 2.24. The molecule has 0 aromatic heterocycles. The highest BCUT2D eigenvalue weighted by molar-refractivity contribution is 6.16. The number of imide groups is 1. The summed E-state index contributed by atoms with van der Waals surface area (Å²) in [7, 11) is 0. The van der Waals surface area contributed by atoms with Gasteiger partial charge in [-0.05, 0) is 37.0 Å². The Bertz CT molecular complexity index is 653. The van der Waals surface area contributed by atoms with Crippen LogP contribution in [0.5, 0.6) is 0 Å². The van der Waals surface area contributed by atoms with Crippen LogP contribution in [0.15, 0.2) is 36.4 Å². The second-order valence-corrected chi connectivity index (χ2v) is 5.78. The van der Waals surface area contributed by atoms with Crippen molar-refractivity contribution in [2.75, 3.05) is 16.8 Å². The summed E-state index contributed by atoms with van der Waals surface area (Å²) in [4.78, 5) is 37.0. The molecule has 0 unspecified atom stereocenters. The largest absolute Gasteiger partial charge is 0.337 e. The molecule has 1 aliphatic heterocycles. The van der Waals surface area contributed by atoms with E-state index in [1.54, 1.807) is 24.3 Å². The van der Waals surface area contributed by atoms with Gasteiger partial charge in [0.05, 0.1) is 5.69 Å². The minimum atomic E-state index is -0.430. The summed E-state index contributed by atoms with van der Waals surface area (Å²) in [5.41, 5.74) is 1.05. The molecule has 1 heterocycles. The predicted octanol–water partition coefficient (Wildman–Crippen LogP) is 2.43. The number of hydrogen-bond acceptors (Lipinski definition) is 3. The predicted molar refractivity (Wildman–Crippen MR) is 87.1 cm³/mol. The van der Waals surface area contributed by atoms with E-state index in [1.165, 1.54) is 0 Å². The maximum atomic E-state index is 12.1. The zero-order chi connectivity index (χ0) is 16.2. The first-order chi connectivity index (χ1) is 11.1. The van der Waals surface area contributed by atoms with E-state index in [0.717, 1.165) is 17.7 Å². The Morgan fingerprint density at radius 3 is 2.96 bits per heavy atom. The topological polar surface area (TPSA) is 78.5 Å². The van der Waals surface area contributed by atoms with Gasteiger partial charge in [0.2, 0.25) is 11.8 Å². The SMILES string of the molecule is O=C(C[C@H]1C=CCC1)Nc1cccc(N2C(=O)CCNC2=O)c1. The lowest BCUT2D eigenvalue weighted by atomic mass is 10.1. The van der Waals surface area contributed by atoms with Crippen molar-refractivity contribution in [3.63, 3.8) is 0 Å². The minimum absolute atomic E-state index is 0.0619. The quantitative estimate of drug-likeness (QED) is 0.838. The summed E-state index contributed by atoms with van der Waals surface area (Å²) in [6.45, 7) is 0.361. The Kier molecular flexibility index (Phi) is 4.41. The van der Waals surface area contributed by atoms with E-state index in [4.69, 9.17) is 0 Å². The minimum Gasteiger partial charge on any atom is -0.337 e. The van der Waals surface area contributed by atoms with Crippen molar-refractivity contribution >= 4 is 29.2 Å². The van der Waals surface area contributed by atoms with Gasteiger partial charge in [-0.2, -0.15) is 0 Å². The molecule has 4 amide bonds. The van der Waals surface area contributed by atoms with E-state index in [2.05, 4.69) is 22.8 Å². The fourth-order valence-corrected chi connectivity index (χ4v) is 2.88. The molecule has 0 saturated carbocycles. The highest BCUT2D eigenvalue weighted by Gasteiger charge is 2.27. The number of rotatable bonds is 4. The van der Waals surface area contributed by atoms with Crippen molar-refractivity contribution in [2.45, 2.75) is 25.7 Å². The van der Waals surface area contributed by atoms with Gasteiger partial charge in [0, 0.05) is 25.1 Å². The second-order valence-electron chi connectivity index (χ2n) is 5.78. The average Bonchev–Trinajstić information content (AvgIpc) is 3.00. The Morgan fingerprint density at radius 2 is 2.22 bits per heavy atom. The maximum absolute atomic E-state index is 12.1. The standard InChI is InChI=1S/C17H19N3O3/c21-15(10-12-4-1-2-5-12)19-13-6-3-7-14(11-13)20-16(22)8-9-18-17(20)23/h1,3-4,6-7,11-12H,2,5,8-10H2,(H,18,23)(H,19,21)/t12-/m0/s1. The van der Waals surface area contributed by atoms with E-state index in [9.17, 15) is 14.4 Å². The van der Waals surface area contributed by atoms with Crippen molar-refractivity contribution in [3.8, 4) is 0 Å². The summed E-state index contributed by atoms with van der Waals surface area (Å²) >= 11 is 0. The van der Waals surface area contributed by atoms with Crippen molar-refractivity contribution in [1.82, 2.24) is 5.32 Å². The molecule has 3 rings (SSSR count). The Balaban J connectivity index is 1.69. The van der Waals surface area contributed by atoms with Gasteiger partial charge in [-0.25, -0.2) is 9.69 Å². The zero-order valence-corrected chi connectivity index (χ0v) is 12.7. The molecule has 1 fully saturated rings. The molecule has 23 heavy (non-hydrogen) atoms. The van der Waals surface area contributed by atoms with Crippen molar-refractivity contribution in [2.24, 2.45) is 5.92 Å². The van der Waals surface area contributed by atoms with Crippen LogP contribution in [0.3, 0.4) is 0 Å². The van der Waals surface area contributed by atoms with Gasteiger partial charge >= 0.3 is 6.03 Å². The lowest BCUT2D eigenvalue weighted by molar-refractivity contribution is -0.118. The fraction of sp³-hybridized carbons (Fsp3) is 0.353. The van der Waals surface area contributed by atoms with Crippen LogP contribution in [0.4, 0.5) is 16.2 Å². The Labute approximate surface area is 134 Å². The summed E-state index contributed by atoms with van der Waals surface area (Å²) in [6, 6.07) is 6.36. The molecule has 2 N–H and O–H groups in total. The Morgan fingerprint density at radius 1 is 1.35 bits per heavy atom. The number of carbonyl (C=O) groups excluding carboxylic acids is 3. The molecule has 1 aromatic carbocycles. The van der Waals surface area contributed by atoms with Gasteiger partial charge in [-0.1, -0.05) is 18.2 Å². The molecule has 6 heteroatoms. The first-order valence-electron chi connectivity index (χ1n) is 7.81. The second kappa shape index (κ2) is 6.64. The molecule has 1 atom stereocenters. The summed E-state index contributed by atoms with van der Waals surface area (Å²) in [6.07, 6.45) is 6.93. The van der Waals surface area contributed by atoms with Crippen LogP contribution in [-0.2, 0) is 9.59 Å². The van der Waals surface area contributed by atoms with E-state index in [1.807, 2.05) is 0 Å². The van der Waals surface area contributed by atoms with Crippen LogP contribution in [0.25, 0.3) is 0 Å². The van der Waals surface area contributed by atoms with E-state index >= 15 is 0 Å². The van der Waals surface area contributed by atoms with E-state index < -0.39 is 6.03 Å². The molecular formula is C17H19N3O3. The van der Waals surface area contributed by atoms with Gasteiger partial charge < -0.3 is 10.6 Å². The van der Waals surface area contributed by atoms with Gasteiger partial charge in [-0.3, -0.25) is 9.59 Å². The van der Waals surface area contributed by atoms with Crippen LogP contribution < -0.4 is 15.5 Å². The summed E-state index contributed by atoms with van der Waals surface area (Å²) < 4.78 is 0. The number of nitrogens with one attached hydrogen (secondary N) is 2. The Hall–Kier alpha value is -2.63. The van der Waals surface area contributed by atoms with Gasteiger partial charge in [0.25, 0.3) is 0 Å². The van der Waals surface area contributed by atoms with E-state index in [0.29, 0.717) is 30.3 Å². The number of allylic oxidation sites excluding steroid dienone is 2. The summed E-state index contributed by atoms with van der Waals surface area (Å²) in [5, 5.41) is 5.48. The smallest absolute Gasteiger partial charge is 0.328 e. The van der Waals surface area contributed by atoms with Crippen molar-refractivity contribution in [3.05, 3.63) is 36.4 Å². The van der Waals surface area contributed by atoms with Crippen LogP contribution in [0.1, 0.15) is 25.7 Å². The molecule has 0 spiro atoms. The lowest BCUT2D eigenvalue weighted by Gasteiger charge is -2.26. The molecule has 1 aliphatic carbocycles. The maximum Gasteiger partial charge on any atom is 0.328 e. The molecule has 120 valence electrons. The number of nitrogens with zero attached hydrogens (tertiary/aromatic N) is 1. The number of carbonyl (C=O) groups is 3. The molecule has 0 radical (unpaired) electrons. The molecule has 2 aliphatic rings. The van der Waals surface area contributed by atoms with Crippen LogP contribution in [-0.4, -0.2) is 24.4 Å². The summed E-state index contributed by atoms with van der Waals surface area (Å²) in [5.74, 6) is -0.00549. The lowest BCUT2D eigenvalue weighted by Crippen LogP contribution is -2.50. The molecule has 6 nitrogen and oxygen atoms in total. The molecule has 1 saturated heterocycles. The number of amides is 4. The third-order valence-electron chi connectivity index (χ3n) is 4.02. The van der Waals surface area contributed by atoms with Crippen molar-refractivity contribution in [1.29, 1.82) is 0 Å². The molecule has 0 bridgehead atoms.